The van der Waals surface area contributed by atoms with E-state index in [4.69, 9.17) is 9.47 Å². The predicted octanol–water partition coefficient (Wildman–Crippen LogP) is 0.640. The number of ether oxygens (including phenoxy) is 2. The fourth-order valence-corrected chi connectivity index (χ4v) is 2.83. The van der Waals surface area contributed by atoms with Gasteiger partial charge in [0.05, 0.1) is 6.10 Å². The molecule has 1 amide bonds. The van der Waals surface area contributed by atoms with Crippen LogP contribution in [-0.4, -0.2) is 63.4 Å². The van der Waals surface area contributed by atoms with Crippen LogP contribution in [0.25, 0.3) is 0 Å². The van der Waals surface area contributed by atoms with Gasteiger partial charge in [-0.25, -0.2) is 0 Å². The Morgan fingerprint density at radius 1 is 1.21 bits per heavy atom. The van der Waals surface area contributed by atoms with Crippen molar-refractivity contribution in [3.8, 4) is 0 Å². The number of likely N-dealkylation sites (tertiary alicyclic amines) is 1. The summed E-state index contributed by atoms with van der Waals surface area (Å²) in [6.45, 7) is 4.76. The van der Waals surface area contributed by atoms with E-state index in [1.165, 1.54) is 0 Å². The average Bonchev–Trinajstić information content (AvgIpc) is 2.47. The van der Waals surface area contributed by atoms with Gasteiger partial charge in [-0.3, -0.25) is 4.79 Å². The van der Waals surface area contributed by atoms with E-state index in [0.717, 1.165) is 58.5 Å². The van der Waals surface area contributed by atoms with Crippen molar-refractivity contribution in [1.82, 2.24) is 10.2 Å². The Balaban J connectivity index is 1.63. The molecule has 0 atom stereocenters. The van der Waals surface area contributed by atoms with Crippen molar-refractivity contribution < 1.29 is 14.3 Å². The van der Waals surface area contributed by atoms with Crippen molar-refractivity contribution in [2.24, 2.45) is 5.92 Å². The van der Waals surface area contributed by atoms with Crippen LogP contribution in [0.3, 0.4) is 0 Å². The maximum absolute atomic E-state index is 12.1. The van der Waals surface area contributed by atoms with E-state index in [1.807, 2.05) is 4.90 Å². The Bertz CT molecular complexity index is 272. The first kappa shape index (κ1) is 14.8. The van der Waals surface area contributed by atoms with Crippen LogP contribution in [-0.2, 0) is 14.3 Å². The van der Waals surface area contributed by atoms with Gasteiger partial charge in [-0.15, -0.1) is 0 Å². The van der Waals surface area contributed by atoms with Crippen LogP contribution in [0.5, 0.6) is 0 Å². The van der Waals surface area contributed by atoms with Gasteiger partial charge in [0, 0.05) is 26.8 Å². The van der Waals surface area contributed by atoms with Crippen LogP contribution in [0.1, 0.15) is 25.7 Å². The van der Waals surface area contributed by atoms with Gasteiger partial charge in [-0.1, -0.05) is 0 Å². The molecule has 110 valence electrons. The van der Waals surface area contributed by atoms with Gasteiger partial charge in [0.1, 0.15) is 6.61 Å². The molecule has 5 heteroatoms. The van der Waals surface area contributed by atoms with Gasteiger partial charge in [0.2, 0.25) is 5.91 Å². The van der Waals surface area contributed by atoms with Gasteiger partial charge >= 0.3 is 0 Å². The topological polar surface area (TPSA) is 50.8 Å². The Hall–Kier alpha value is -0.650. The standard InChI is InChI=1S/C14H26N2O3/c1-18-10-12-4-8-16(9-5-12)14(17)11-19-13-2-6-15-7-3-13/h12-13,15H,2-11H2,1H3. The Morgan fingerprint density at radius 3 is 2.53 bits per heavy atom. The number of nitrogens with zero attached hydrogens (tertiary/aromatic N) is 1. The monoisotopic (exact) mass is 270 g/mol. The summed E-state index contributed by atoms with van der Waals surface area (Å²) in [6.07, 6.45) is 4.39. The molecular formula is C14H26N2O3. The van der Waals surface area contributed by atoms with Gasteiger partial charge < -0.3 is 19.7 Å². The first-order chi connectivity index (χ1) is 9.29. The molecule has 2 saturated heterocycles. The molecule has 2 rings (SSSR count). The fourth-order valence-electron chi connectivity index (χ4n) is 2.83. The average molecular weight is 270 g/mol. The van der Waals surface area contributed by atoms with Crippen LogP contribution < -0.4 is 5.32 Å². The number of hydrogen-bond donors (Lipinski definition) is 1. The van der Waals surface area contributed by atoms with E-state index in [9.17, 15) is 4.79 Å². The van der Waals surface area contributed by atoms with E-state index >= 15 is 0 Å². The van der Waals surface area contributed by atoms with Crippen LogP contribution in [0.2, 0.25) is 0 Å². The third-order valence-corrected chi connectivity index (χ3v) is 4.10. The summed E-state index contributed by atoms with van der Waals surface area (Å²) in [4.78, 5) is 14.0. The molecule has 0 aromatic heterocycles. The Kier molecular flexibility index (Phi) is 6.07. The van der Waals surface area contributed by atoms with E-state index < -0.39 is 0 Å². The van der Waals surface area contributed by atoms with E-state index in [-0.39, 0.29) is 18.6 Å². The minimum atomic E-state index is 0.148. The van der Waals surface area contributed by atoms with Crippen molar-refractivity contribution in [1.29, 1.82) is 0 Å². The van der Waals surface area contributed by atoms with Crippen molar-refractivity contribution in [2.45, 2.75) is 31.8 Å². The second-order valence-electron chi connectivity index (χ2n) is 5.54. The van der Waals surface area contributed by atoms with Crippen molar-refractivity contribution in [3.63, 3.8) is 0 Å². The predicted molar refractivity (Wildman–Crippen MR) is 73.0 cm³/mol. The minimum absolute atomic E-state index is 0.148. The van der Waals surface area contributed by atoms with Crippen molar-refractivity contribution in [2.75, 3.05) is 46.5 Å². The Morgan fingerprint density at radius 2 is 1.89 bits per heavy atom. The molecule has 0 aromatic carbocycles. The van der Waals surface area contributed by atoms with Crippen LogP contribution >= 0.6 is 0 Å². The van der Waals surface area contributed by atoms with Crippen molar-refractivity contribution in [3.05, 3.63) is 0 Å². The summed E-state index contributed by atoms with van der Waals surface area (Å²) in [5, 5.41) is 3.30. The normalized spacial score (nSPS) is 22.7. The summed E-state index contributed by atoms with van der Waals surface area (Å²) in [5.74, 6) is 0.758. The minimum Gasteiger partial charge on any atom is -0.384 e. The van der Waals surface area contributed by atoms with Gasteiger partial charge in [0.15, 0.2) is 0 Å². The number of nitrogens with one attached hydrogen (secondary N) is 1. The van der Waals surface area contributed by atoms with Gasteiger partial charge in [0.25, 0.3) is 0 Å². The van der Waals surface area contributed by atoms with E-state index in [0.29, 0.717) is 5.92 Å². The lowest BCUT2D eigenvalue weighted by molar-refractivity contribution is -0.140. The molecule has 2 aliphatic rings. The number of rotatable bonds is 5. The molecule has 0 bridgehead atoms. The molecule has 2 aliphatic heterocycles. The third-order valence-electron chi connectivity index (χ3n) is 4.10. The summed E-state index contributed by atoms with van der Waals surface area (Å²) < 4.78 is 10.9. The van der Waals surface area contributed by atoms with E-state index in [2.05, 4.69) is 5.32 Å². The van der Waals surface area contributed by atoms with Crippen LogP contribution in [0.15, 0.2) is 0 Å². The quantitative estimate of drug-likeness (QED) is 0.796. The maximum Gasteiger partial charge on any atom is 0.248 e. The third kappa shape index (κ3) is 4.75. The van der Waals surface area contributed by atoms with E-state index in [1.54, 1.807) is 7.11 Å². The molecule has 2 fully saturated rings. The highest BCUT2D eigenvalue weighted by molar-refractivity contribution is 5.77. The molecule has 2 heterocycles. The molecule has 0 unspecified atom stereocenters. The zero-order chi connectivity index (χ0) is 13.5. The number of piperidine rings is 2. The largest absolute Gasteiger partial charge is 0.384 e. The number of methoxy groups -OCH3 is 1. The number of hydrogen-bond acceptors (Lipinski definition) is 4. The molecule has 5 nitrogen and oxygen atoms in total. The van der Waals surface area contributed by atoms with Crippen LogP contribution in [0.4, 0.5) is 0 Å². The SMILES string of the molecule is COCC1CCN(C(=O)COC2CCNCC2)CC1. The number of amides is 1. The van der Waals surface area contributed by atoms with Gasteiger partial charge in [-0.2, -0.15) is 0 Å². The molecular weight excluding hydrogens is 244 g/mol. The number of carbonyl (C=O) groups is 1. The zero-order valence-electron chi connectivity index (χ0n) is 11.9. The summed E-state index contributed by atoms with van der Waals surface area (Å²) in [7, 11) is 1.74. The lowest BCUT2D eigenvalue weighted by Crippen LogP contribution is -2.42. The second kappa shape index (κ2) is 7.82. The molecule has 0 aromatic rings. The van der Waals surface area contributed by atoms with Gasteiger partial charge in [-0.05, 0) is 44.7 Å². The fraction of sp³-hybridized carbons (Fsp3) is 0.929. The highest BCUT2D eigenvalue weighted by Crippen LogP contribution is 2.17. The summed E-state index contributed by atoms with van der Waals surface area (Å²) in [5.41, 5.74) is 0. The molecule has 0 radical (unpaired) electrons. The lowest BCUT2D eigenvalue weighted by Gasteiger charge is -2.32. The maximum atomic E-state index is 12.1. The molecule has 0 aliphatic carbocycles. The highest BCUT2D eigenvalue weighted by atomic mass is 16.5. The summed E-state index contributed by atoms with van der Waals surface area (Å²) in [6, 6.07) is 0. The lowest BCUT2D eigenvalue weighted by atomic mass is 9.98. The molecule has 1 N–H and O–H groups in total. The molecule has 0 saturated carbocycles. The van der Waals surface area contributed by atoms with Crippen molar-refractivity contribution >= 4 is 5.91 Å². The Labute approximate surface area is 115 Å². The second-order valence-corrected chi connectivity index (χ2v) is 5.54. The smallest absolute Gasteiger partial charge is 0.248 e. The number of carbonyl (C=O) groups excluding carboxylic acids is 1. The summed E-state index contributed by atoms with van der Waals surface area (Å²) >= 11 is 0. The molecule has 0 spiro atoms. The highest BCUT2D eigenvalue weighted by Gasteiger charge is 2.23. The van der Waals surface area contributed by atoms with Crippen LogP contribution in [0, 0.1) is 5.92 Å². The first-order valence-corrected chi connectivity index (χ1v) is 7.38. The molecule has 19 heavy (non-hydrogen) atoms. The zero-order valence-corrected chi connectivity index (χ0v) is 11.9. The first-order valence-electron chi connectivity index (χ1n) is 7.38.